The molecule has 5 nitrogen and oxygen atoms in total. The average molecular weight is 285 g/mol. The van der Waals surface area contributed by atoms with Crippen molar-refractivity contribution in [1.29, 1.82) is 0 Å². The largest absolute Gasteiger partial charge is 0.494 e. The summed E-state index contributed by atoms with van der Waals surface area (Å²) in [4.78, 5) is 14.2. The number of amides is 1. The molecule has 1 amide bonds. The molecular formula is C16H19N3O2. The third-order valence-corrected chi connectivity index (χ3v) is 3.12. The minimum absolute atomic E-state index is 0.191. The topological polar surface area (TPSA) is 67.6 Å². The van der Waals surface area contributed by atoms with Gasteiger partial charge >= 0.3 is 0 Å². The van der Waals surface area contributed by atoms with Crippen molar-refractivity contribution in [2.24, 2.45) is 0 Å². The molecule has 2 aromatic carbocycles. The molecule has 2 aromatic rings. The summed E-state index contributed by atoms with van der Waals surface area (Å²) in [6, 6.07) is 12.5. The Hall–Kier alpha value is -2.69. The molecule has 0 aliphatic rings. The molecule has 21 heavy (non-hydrogen) atoms. The molecule has 0 unspecified atom stereocenters. The molecule has 3 N–H and O–H groups in total. The minimum Gasteiger partial charge on any atom is -0.494 e. The zero-order valence-electron chi connectivity index (χ0n) is 12.4. The van der Waals surface area contributed by atoms with Gasteiger partial charge in [0, 0.05) is 37.1 Å². The number of benzene rings is 2. The van der Waals surface area contributed by atoms with E-state index in [2.05, 4.69) is 5.32 Å². The van der Waals surface area contributed by atoms with Crippen molar-refractivity contribution in [2.45, 2.75) is 0 Å². The molecule has 5 heteroatoms. The summed E-state index contributed by atoms with van der Waals surface area (Å²) >= 11 is 0. The van der Waals surface area contributed by atoms with Crippen LogP contribution in [-0.4, -0.2) is 27.1 Å². The van der Waals surface area contributed by atoms with E-state index in [1.165, 1.54) is 7.11 Å². The molecule has 0 bridgehead atoms. The predicted octanol–water partition coefficient (Wildman–Crippen LogP) is 2.60. The van der Waals surface area contributed by atoms with Crippen molar-refractivity contribution in [2.75, 3.05) is 37.2 Å². The second-order valence-electron chi connectivity index (χ2n) is 4.86. The molecular weight excluding hydrogens is 266 g/mol. The Bertz CT molecular complexity index is 636. The molecule has 0 aliphatic heterocycles. The molecule has 0 saturated heterocycles. The lowest BCUT2D eigenvalue weighted by molar-refractivity contribution is 0.102. The highest BCUT2D eigenvalue weighted by Crippen LogP contribution is 2.27. The number of hydrogen-bond donors (Lipinski definition) is 2. The predicted molar refractivity (Wildman–Crippen MR) is 86.1 cm³/mol. The highest BCUT2D eigenvalue weighted by molar-refractivity contribution is 6.05. The van der Waals surface area contributed by atoms with Gasteiger partial charge in [-0.25, -0.2) is 0 Å². The number of ether oxygens (including phenoxy) is 1. The van der Waals surface area contributed by atoms with Crippen LogP contribution < -0.4 is 20.7 Å². The fourth-order valence-corrected chi connectivity index (χ4v) is 1.92. The van der Waals surface area contributed by atoms with Crippen LogP contribution in [0.2, 0.25) is 0 Å². The maximum Gasteiger partial charge on any atom is 0.255 e. The average Bonchev–Trinajstić information content (AvgIpc) is 2.49. The normalized spacial score (nSPS) is 10.0. The van der Waals surface area contributed by atoms with E-state index in [-0.39, 0.29) is 5.91 Å². The van der Waals surface area contributed by atoms with E-state index >= 15 is 0 Å². The molecule has 0 fully saturated rings. The van der Waals surface area contributed by atoms with Gasteiger partial charge in [-0.15, -0.1) is 0 Å². The molecule has 0 atom stereocenters. The van der Waals surface area contributed by atoms with Crippen LogP contribution in [0.15, 0.2) is 42.5 Å². The van der Waals surface area contributed by atoms with Gasteiger partial charge in [-0.05, 0) is 36.4 Å². The molecule has 0 aliphatic carbocycles. The number of nitrogens with two attached hydrogens (primary N) is 1. The second kappa shape index (κ2) is 6.17. The second-order valence-corrected chi connectivity index (χ2v) is 4.86. The number of nitrogen functional groups attached to an aromatic ring is 1. The smallest absolute Gasteiger partial charge is 0.255 e. The van der Waals surface area contributed by atoms with Crippen molar-refractivity contribution < 1.29 is 9.53 Å². The number of nitrogens with zero attached hydrogens (tertiary/aromatic N) is 1. The Morgan fingerprint density at radius 3 is 2.38 bits per heavy atom. The molecule has 0 saturated carbocycles. The van der Waals surface area contributed by atoms with Gasteiger partial charge in [-0.1, -0.05) is 0 Å². The number of anilines is 3. The third-order valence-electron chi connectivity index (χ3n) is 3.12. The van der Waals surface area contributed by atoms with E-state index in [9.17, 15) is 4.79 Å². The zero-order valence-corrected chi connectivity index (χ0v) is 12.4. The zero-order chi connectivity index (χ0) is 15.4. The number of hydrogen-bond acceptors (Lipinski definition) is 4. The van der Waals surface area contributed by atoms with Crippen LogP contribution in [0.25, 0.3) is 0 Å². The summed E-state index contributed by atoms with van der Waals surface area (Å²) in [7, 11) is 5.44. The Morgan fingerprint density at radius 2 is 1.81 bits per heavy atom. The number of carbonyl (C=O) groups is 1. The first-order chi connectivity index (χ1) is 10.0. The number of methoxy groups -OCH3 is 1. The standard InChI is InChI=1S/C16H19N3O2/c1-19(2)13-7-4-11(5-8-13)16(20)18-14-9-6-12(17)10-15(14)21-3/h4-10H,17H2,1-3H3,(H,18,20). The van der Waals surface area contributed by atoms with Crippen LogP contribution in [0.1, 0.15) is 10.4 Å². The van der Waals surface area contributed by atoms with E-state index in [0.717, 1.165) is 5.69 Å². The van der Waals surface area contributed by atoms with Gasteiger partial charge in [-0.3, -0.25) is 4.79 Å². The van der Waals surface area contributed by atoms with E-state index in [0.29, 0.717) is 22.7 Å². The van der Waals surface area contributed by atoms with E-state index < -0.39 is 0 Å². The molecule has 0 heterocycles. The molecule has 0 aromatic heterocycles. The molecule has 110 valence electrons. The van der Waals surface area contributed by atoms with Crippen LogP contribution in [0.3, 0.4) is 0 Å². The van der Waals surface area contributed by atoms with E-state index in [1.807, 2.05) is 31.1 Å². The quantitative estimate of drug-likeness (QED) is 0.847. The van der Waals surface area contributed by atoms with Gasteiger partial charge in [0.1, 0.15) is 5.75 Å². The minimum atomic E-state index is -0.191. The van der Waals surface area contributed by atoms with Gasteiger partial charge in [0.15, 0.2) is 0 Å². The lowest BCUT2D eigenvalue weighted by Crippen LogP contribution is -2.13. The highest BCUT2D eigenvalue weighted by atomic mass is 16.5. The molecule has 0 spiro atoms. The maximum absolute atomic E-state index is 12.2. The van der Waals surface area contributed by atoms with Crippen LogP contribution in [0.5, 0.6) is 5.75 Å². The fourth-order valence-electron chi connectivity index (χ4n) is 1.92. The third kappa shape index (κ3) is 3.45. The maximum atomic E-state index is 12.2. The van der Waals surface area contributed by atoms with Crippen molar-refractivity contribution in [3.05, 3.63) is 48.0 Å². The Morgan fingerprint density at radius 1 is 1.14 bits per heavy atom. The number of rotatable bonds is 4. The monoisotopic (exact) mass is 285 g/mol. The van der Waals surface area contributed by atoms with Crippen molar-refractivity contribution >= 4 is 23.0 Å². The molecule has 0 radical (unpaired) electrons. The van der Waals surface area contributed by atoms with Crippen LogP contribution in [0, 0.1) is 0 Å². The van der Waals surface area contributed by atoms with E-state index in [4.69, 9.17) is 10.5 Å². The van der Waals surface area contributed by atoms with Crippen LogP contribution in [-0.2, 0) is 0 Å². The van der Waals surface area contributed by atoms with Gasteiger partial charge < -0.3 is 20.7 Å². The lowest BCUT2D eigenvalue weighted by atomic mass is 10.1. The summed E-state index contributed by atoms with van der Waals surface area (Å²) < 4.78 is 5.21. The van der Waals surface area contributed by atoms with Crippen LogP contribution >= 0.6 is 0 Å². The fraction of sp³-hybridized carbons (Fsp3) is 0.188. The first-order valence-corrected chi connectivity index (χ1v) is 6.53. The van der Waals surface area contributed by atoms with Crippen molar-refractivity contribution in [3.8, 4) is 5.75 Å². The first-order valence-electron chi connectivity index (χ1n) is 6.53. The summed E-state index contributed by atoms with van der Waals surface area (Å²) in [5.74, 6) is 0.344. The highest BCUT2D eigenvalue weighted by Gasteiger charge is 2.10. The van der Waals surface area contributed by atoms with Crippen LogP contribution in [0.4, 0.5) is 17.1 Å². The van der Waals surface area contributed by atoms with E-state index in [1.54, 1.807) is 30.3 Å². The number of carbonyl (C=O) groups excluding carboxylic acids is 1. The first kappa shape index (κ1) is 14.7. The van der Waals surface area contributed by atoms with Gasteiger partial charge in [0.05, 0.1) is 12.8 Å². The molecule has 2 rings (SSSR count). The number of nitrogens with one attached hydrogen (secondary N) is 1. The van der Waals surface area contributed by atoms with Gasteiger partial charge in [0.2, 0.25) is 0 Å². The summed E-state index contributed by atoms with van der Waals surface area (Å²) in [6.45, 7) is 0. The Balaban J connectivity index is 2.18. The van der Waals surface area contributed by atoms with Gasteiger partial charge in [0.25, 0.3) is 5.91 Å². The summed E-state index contributed by atoms with van der Waals surface area (Å²) in [6.07, 6.45) is 0. The SMILES string of the molecule is COc1cc(N)ccc1NC(=O)c1ccc(N(C)C)cc1. The Labute approximate surface area is 124 Å². The van der Waals surface area contributed by atoms with Crippen molar-refractivity contribution in [1.82, 2.24) is 0 Å². The summed E-state index contributed by atoms with van der Waals surface area (Å²) in [5.41, 5.74) is 8.49. The Kier molecular flexibility index (Phi) is 4.33. The van der Waals surface area contributed by atoms with Gasteiger partial charge in [-0.2, -0.15) is 0 Å². The van der Waals surface area contributed by atoms with Crippen molar-refractivity contribution in [3.63, 3.8) is 0 Å². The summed E-state index contributed by atoms with van der Waals surface area (Å²) in [5, 5.41) is 2.82. The lowest BCUT2D eigenvalue weighted by Gasteiger charge is -2.13.